The Morgan fingerprint density at radius 3 is 2.58 bits per heavy atom. The van der Waals surface area contributed by atoms with E-state index in [1.165, 1.54) is 17.7 Å². The molecule has 4 rings (SSSR count). The summed E-state index contributed by atoms with van der Waals surface area (Å²) in [6.07, 6.45) is 2.14. The van der Waals surface area contributed by atoms with Crippen LogP contribution in [0, 0.1) is 0 Å². The van der Waals surface area contributed by atoms with Crippen molar-refractivity contribution in [2.45, 2.75) is 19.9 Å². The second-order valence-electron chi connectivity index (χ2n) is 8.07. The molecular weight excluding hydrogens is 390 g/mol. The largest absolute Gasteiger partial charge is 0.301 e. The van der Waals surface area contributed by atoms with Gasteiger partial charge in [0.2, 0.25) is 5.91 Å². The number of amides is 1. The summed E-state index contributed by atoms with van der Waals surface area (Å²) in [6.45, 7) is 8.82. The second-order valence-corrected chi connectivity index (χ2v) is 8.07. The van der Waals surface area contributed by atoms with E-state index >= 15 is 0 Å². The standard InChI is InChI=1S/C24H31N5O2/c1-4-27-10-12-28(13-11-27)17-20-6-5-7-21(14-20)29-18-25-22-9-8-19(15-23(22)29)16-24(30)26(2)31-3/h5-9,14-15,18H,4,10-13,16-17H2,1-3H3. The van der Waals surface area contributed by atoms with E-state index in [2.05, 4.69) is 50.5 Å². The maximum atomic E-state index is 12.2. The molecule has 1 saturated heterocycles. The van der Waals surface area contributed by atoms with Crippen LogP contribution in [0.3, 0.4) is 0 Å². The van der Waals surface area contributed by atoms with Crippen LogP contribution in [0.25, 0.3) is 16.7 Å². The van der Waals surface area contributed by atoms with E-state index in [1.807, 2.05) is 24.5 Å². The van der Waals surface area contributed by atoms with Crippen molar-refractivity contribution in [3.8, 4) is 5.69 Å². The molecule has 7 heteroatoms. The molecule has 0 radical (unpaired) electrons. The SMILES string of the molecule is CCN1CCN(Cc2cccc(-n3cnc4ccc(CC(=O)N(C)OC)cc43)c2)CC1. The summed E-state index contributed by atoms with van der Waals surface area (Å²) in [4.78, 5) is 26.8. The van der Waals surface area contributed by atoms with Crippen molar-refractivity contribution in [2.24, 2.45) is 0 Å². The van der Waals surface area contributed by atoms with Crippen LogP contribution in [-0.4, -0.2) is 77.2 Å². The Morgan fingerprint density at radius 2 is 1.84 bits per heavy atom. The molecule has 1 aliphatic rings. The summed E-state index contributed by atoms with van der Waals surface area (Å²) in [7, 11) is 3.12. The van der Waals surface area contributed by atoms with E-state index < -0.39 is 0 Å². The van der Waals surface area contributed by atoms with Gasteiger partial charge in [-0.1, -0.05) is 25.1 Å². The Morgan fingerprint density at radius 1 is 1.06 bits per heavy atom. The molecule has 0 saturated carbocycles. The highest BCUT2D eigenvalue weighted by molar-refractivity contribution is 5.82. The quantitative estimate of drug-likeness (QED) is 0.549. The highest BCUT2D eigenvalue weighted by Gasteiger charge is 2.16. The predicted molar refractivity (Wildman–Crippen MR) is 122 cm³/mol. The molecule has 1 amide bonds. The molecule has 1 aromatic heterocycles. The molecular formula is C24H31N5O2. The summed E-state index contributed by atoms with van der Waals surface area (Å²) >= 11 is 0. The van der Waals surface area contributed by atoms with Crippen LogP contribution in [0.2, 0.25) is 0 Å². The van der Waals surface area contributed by atoms with Gasteiger partial charge in [0, 0.05) is 45.5 Å². The van der Waals surface area contributed by atoms with Crippen molar-refractivity contribution < 1.29 is 9.63 Å². The minimum Gasteiger partial charge on any atom is -0.301 e. The van der Waals surface area contributed by atoms with E-state index in [-0.39, 0.29) is 12.3 Å². The molecule has 0 N–H and O–H groups in total. The van der Waals surface area contributed by atoms with Gasteiger partial charge in [0.15, 0.2) is 0 Å². The molecule has 3 aromatic rings. The van der Waals surface area contributed by atoms with Gasteiger partial charge in [-0.15, -0.1) is 0 Å². The monoisotopic (exact) mass is 421 g/mol. The number of hydrogen-bond acceptors (Lipinski definition) is 5. The van der Waals surface area contributed by atoms with Crippen LogP contribution in [0.5, 0.6) is 0 Å². The van der Waals surface area contributed by atoms with Gasteiger partial charge in [-0.3, -0.25) is 19.1 Å². The number of carbonyl (C=O) groups excluding carboxylic acids is 1. The third-order valence-electron chi connectivity index (χ3n) is 6.10. The molecule has 7 nitrogen and oxygen atoms in total. The van der Waals surface area contributed by atoms with Crippen molar-refractivity contribution in [1.29, 1.82) is 0 Å². The summed E-state index contributed by atoms with van der Waals surface area (Å²) < 4.78 is 2.10. The Labute approximate surface area is 183 Å². The van der Waals surface area contributed by atoms with Gasteiger partial charge < -0.3 is 4.90 Å². The van der Waals surface area contributed by atoms with Crippen LogP contribution in [0.1, 0.15) is 18.1 Å². The van der Waals surface area contributed by atoms with Gasteiger partial charge in [-0.2, -0.15) is 0 Å². The first-order valence-corrected chi connectivity index (χ1v) is 10.9. The predicted octanol–water partition coefficient (Wildman–Crippen LogP) is 2.73. The van der Waals surface area contributed by atoms with Crippen molar-refractivity contribution >= 4 is 16.9 Å². The molecule has 0 bridgehead atoms. The smallest absolute Gasteiger partial charge is 0.250 e. The van der Waals surface area contributed by atoms with Gasteiger partial charge in [0.25, 0.3) is 0 Å². The Balaban J connectivity index is 1.54. The molecule has 164 valence electrons. The summed E-state index contributed by atoms with van der Waals surface area (Å²) in [6, 6.07) is 14.6. The number of carbonyl (C=O) groups is 1. The van der Waals surface area contributed by atoms with Crippen LogP contribution >= 0.6 is 0 Å². The second kappa shape index (κ2) is 9.60. The topological polar surface area (TPSA) is 53.8 Å². The molecule has 2 aromatic carbocycles. The minimum absolute atomic E-state index is 0.0851. The molecule has 2 heterocycles. The first-order chi connectivity index (χ1) is 15.1. The van der Waals surface area contributed by atoms with E-state index in [0.717, 1.165) is 61.6 Å². The van der Waals surface area contributed by atoms with Crippen molar-refractivity contribution in [3.05, 3.63) is 59.9 Å². The maximum absolute atomic E-state index is 12.2. The lowest BCUT2D eigenvalue weighted by atomic mass is 10.1. The number of fused-ring (bicyclic) bond motifs is 1. The van der Waals surface area contributed by atoms with Crippen LogP contribution in [-0.2, 0) is 22.6 Å². The van der Waals surface area contributed by atoms with E-state index in [9.17, 15) is 4.79 Å². The van der Waals surface area contributed by atoms with Crippen LogP contribution < -0.4 is 0 Å². The molecule has 0 spiro atoms. The fraction of sp³-hybridized carbons (Fsp3) is 0.417. The van der Waals surface area contributed by atoms with Crippen molar-refractivity contribution in [1.82, 2.24) is 24.4 Å². The lowest BCUT2D eigenvalue weighted by molar-refractivity contribution is -0.167. The van der Waals surface area contributed by atoms with Gasteiger partial charge in [-0.25, -0.2) is 10.0 Å². The number of hydrogen-bond donors (Lipinski definition) is 0. The fourth-order valence-corrected chi connectivity index (χ4v) is 4.08. The number of likely N-dealkylation sites (N-methyl/N-ethyl adjacent to an activating group) is 2. The maximum Gasteiger partial charge on any atom is 0.250 e. The third-order valence-corrected chi connectivity index (χ3v) is 6.10. The molecule has 1 aliphatic heterocycles. The molecule has 0 aliphatic carbocycles. The Bertz CT molecular complexity index is 1040. The van der Waals surface area contributed by atoms with Crippen LogP contribution in [0.4, 0.5) is 0 Å². The van der Waals surface area contributed by atoms with Gasteiger partial charge in [0.05, 0.1) is 24.6 Å². The first kappa shape index (κ1) is 21.5. The lowest BCUT2D eigenvalue weighted by Gasteiger charge is -2.34. The Hall–Kier alpha value is -2.74. The van der Waals surface area contributed by atoms with Crippen molar-refractivity contribution in [2.75, 3.05) is 46.9 Å². The molecule has 31 heavy (non-hydrogen) atoms. The highest BCUT2D eigenvalue weighted by Crippen LogP contribution is 2.22. The average molecular weight is 422 g/mol. The zero-order chi connectivity index (χ0) is 21.8. The number of benzene rings is 2. The number of piperazine rings is 1. The number of hydroxylamine groups is 2. The molecule has 0 atom stereocenters. The zero-order valence-corrected chi connectivity index (χ0v) is 18.6. The summed E-state index contributed by atoms with van der Waals surface area (Å²) in [5.41, 5.74) is 5.24. The average Bonchev–Trinajstić information content (AvgIpc) is 3.22. The van der Waals surface area contributed by atoms with Crippen LogP contribution in [0.15, 0.2) is 48.8 Å². The minimum atomic E-state index is -0.0851. The third kappa shape index (κ3) is 4.95. The molecule has 1 fully saturated rings. The van der Waals surface area contributed by atoms with Crippen molar-refractivity contribution in [3.63, 3.8) is 0 Å². The summed E-state index contributed by atoms with van der Waals surface area (Å²) in [5.74, 6) is -0.0851. The van der Waals surface area contributed by atoms with Gasteiger partial charge in [0.1, 0.15) is 6.33 Å². The Kier molecular flexibility index (Phi) is 6.65. The lowest BCUT2D eigenvalue weighted by Crippen LogP contribution is -2.45. The van der Waals surface area contributed by atoms with E-state index in [4.69, 9.17) is 4.84 Å². The van der Waals surface area contributed by atoms with Gasteiger partial charge >= 0.3 is 0 Å². The van der Waals surface area contributed by atoms with E-state index in [1.54, 1.807) is 7.05 Å². The first-order valence-electron chi connectivity index (χ1n) is 10.9. The summed E-state index contributed by atoms with van der Waals surface area (Å²) in [5, 5.41) is 1.26. The van der Waals surface area contributed by atoms with Gasteiger partial charge in [-0.05, 0) is 41.9 Å². The number of rotatable bonds is 7. The molecule has 0 unspecified atom stereocenters. The number of nitrogens with zero attached hydrogens (tertiary/aromatic N) is 5. The van der Waals surface area contributed by atoms with E-state index in [0.29, 0.717) is 0 Å². The number of imidazole rings is 1. The fourth-order valence-electron chi connectivity index (χ4n) is 4.08. The number of aromatic nitrogens is 2. The zero-order valence-electron chi connectivity index (χ0n) is 18.6. The highest BCUT2D eigenvalue weighted by atomic mass is 16.7. The normalized spacial score (nSPS) is 15.5.